The Morgan fingerprint density at radius 2 is 1.85 bits per heavy atom. The van der Waals surface area contributed by atoms with Gasteiger partial charge in [-0.1, -0.05) is 18.2 Å². The second kappa shape index (κ2) is 4.70. The zero-order valence-electron chi connectivity index (χ0n) is 11.0. The van der Waals surface area contributed by atoms with Gasteiger partial charge in [-0.2, -0.15) is 9.78 Å². The van der Waals surface area contributed by atoms with Crippen LogP contribution in [-0.2, 0) is 0 Å². The maximum atomic E-state index is 10.4. The zero-order chi connectivity index (χ0) is 14.1. The number of nitrogens with zero attached hydrogens (tertiary/aromatic N) is 3. The van der Waals surface area contributed by atoms with Gasteiger partial charge in [-0.3, -0.25) is 0 Å². The van der Waals surface area contributed by atoms with Crippen LogP contribution in [0.5, 0.6) is 5.88 Å². The molecule has 0 saturated heterocycles. The molecule has 5 nitrogen and oxygen atoms in total. The van der Waals surface area contributed by atoms with E-state index in [4.69, 9.17) is 5.73 Å². The van der Waals surface area contributed by atoms with Gasteiger partial charge < -0.3 is 10.8 Å². The molecule has 1 aromatic carbocycles. The van der Waals surface area contributed by atoms with Crippen LogP contribution in [0.3, 0.4) is 0 Å². The maximum absolute atomic E-state index is 10.4. The molecule has 100 valence electrons. The lowest BCUT2D eigenvalue weighted by Crippen LogP contribution is -1.98. The van der Waals surface area contributed by atoms with E-state index in [2.05, 4.69) is 10.1 Å². The van der Waals surface area contributed by atoms with E-state index in [0.29, 0.717) is 17.1 Å². The highest BCUT2D eigenvalue weighted by Crippen LogP contribution is 2.33. The third kappa shape index (κ3) is 1.99. The molecule has 0 radical (unpaired) electrons. The van der Waals surface area contributed by atoms with Gasteiger partial charge in [0.25, 0.3) is 0 Å². The van der Waals surface area contributed by atoms with Crippen molar-refractivity contribution in [3.63, 3.8) is 0 Å². The van der Waals surface area contributed by atoms with Crippen LogP contribution in [0.2, 0.25) is 0 Å². The van der Waals surface area contributed by atoms with Crippen molar-refractivity contribution < 1.29 is 5.11 Å². The van der Waals surface area contributed by atoms with Crippen LogP contribution >= 0.6 is 0 Å². The number of rotatable bonds is 2. The number of hydrogen-bond donors (Lipinski definition) is 2. The van der Waals surface area contributed by atoms with Gasteiger partial charge in [0.05, 0.1) is 11.3 Å². The van der Waals surface area contributed by atoms with Crippen molar-refractivity contribution in [1.29, 1.82) is 0 Å². The number of benzene rings is 1. The Hall–Kier alpha value is -2.82. The van der Waals surface area contributed by atoms with E-state index >= 15 is 0 Å². The van der Waals surface area contributed by atoms with Crippen molar-refractivity contribution in [3.05, 3.63) is 54.4 Å². The predicted octanol–water partition coefficient (Wildman–Crippen LogP) is 2.53. The summed E-state index contributed by atoms with van der Waals surface area (Å²) in [6.07, 6.45) is 1.66. The van der Waals surface area contributed by atoms with E-state index in [9.17, 15) is 5.11 Å². The highest BCUT2D eigenvalue weighted by molar-refractivity contribution is 5.72. The van der Waals surface area contributed by atoms with Gasteiger partial charge in [0.2, 0.25) is 5.88 Å². The molecule has 2 aromatic heterocycles. The lowest BCUT2D eigenvalue weighted by Gasteiger charge is -2.03. The minimum atomic E-state index is 0.0750. The minimum Gasteiger partial charge on any atom is -0.493 e. The summed E-state index contributed by atoms with van der Waals surface area (Å²) in [6.45, 7) is 1.85. The molecule has 3 aromatic rings. The van der Waals surface area contributed by atoms with Crippen LogP contribution in [0, 0.1) is 6.92 Å². The van der Waals surface area contributed by atoms with Gasteiger partial charge in [0.15, 0.2) is 5.82 Å². The first-order valence-corrected chi connectivity index (χ1v) is 6.22. The molecule has 3 N–H and O–H groups in total. The largest absolute Gasteiger partial charge is 0.493 e. The smallest absolute Gasteiger partial charge is 0.223 e. The zero-order valence-corrected chi connectivity index (χ0v) is 11.0. The number of pyridine rings is 1. The third-order valence-corrected chi connectivity index (χ3v) is 3.10. The topological polar surface area (TPSA) is 77.0 Å². The fourth-order valence-corrected chi connectivity index (χ4v) is 2.14. The fraction of sp³-hybridized carbons (Fsp3) is 0.0667. The van der Waals surface area contributed by atoms with Gasteiger partial charge in [-0.05, 0) is 36.8 Å². The van der Waals surface area contributed by atoms with Crippen molar-refractivity contribution in [2.24, 2.45) is 0 Å². The van der Waals surface area contributed by atoms with Crippen LogP contribution in [0.25, 0.3) is 16.9 Å². The van der Waals surface area contributed by atoms with Crippen molar-refractivity contribution in [3.8, 4) is 22.8 Å². The summed E-state index contributed by atoms with van der Waals surface area (Å²) < 4.78 is 1.43. The summed E-state index contributed by atoms with van der Waals surface area (Å²) in [5.41, 5.74) is 8.66. The Balaban J connectivity index is 2.14. The molecule has 0 bridgehead atoms. The fourth-order valence-electron chi connectivity index (χ4n) is 2.14. The average molecular weight is 266 g/mol. The molecule has 0 unspecified atom stereocenters. The van der Waals surface area contributed by atoms with Crippen molar-refractivity contribution in [2.75, 3.05) is 5.73 Å². The maximum Gasteiger partial charge on any atom is 0.223 e. The van der Waals surface area contributed by atoms with Crippen LogP contribution < -0.4 is 5.73 Å². The molecule has 0 aliphatic heterocycles. The summed E-state index contributed by atoms with van der Waals surface area (Å²) in [7, 11) is 0. The number of nitrogen functional groups attached to an aromatic ring is 1. The highest BCUT2D eigenvalue weighted by Gasteiger charge is 2.17. The van der Waals surface area contributed by atoms with Crippen molar-refractivity contribution in [1.82, 2.24) is 14.8 Å². The first kappa shape index (κ1) is 12.2. The number of aryl methyl sites for hydroxylation is 1. The van der Waals surface area contributed by atoms with E-state index in [0.717, 1.165) is 11.3 Å². The van der Waals surface area contributed by atoms with Crippen molar-refractivity contribution in [2.45, 2.75) is 6.92 Å². The molecule has 0 saturated carbocycles. The number of nitrogens with two attached hydrogens (primary N) is 1. The highest BCUT2D eigenvalue weighted by atomic mass is 16.3. The lowest BCUT2D eigenvalue weighted by molar-refractivity contribution is 0.433. The van der Waals surface area contributed by atoms with Gasteiger partial charge in [-0.25, -0.2) is 4.98 Å². The molecule has 0 fully saturated rings. The van der Waals surface area contributed by atoms with E-state index in [1.165, 1.54) is 4.68 Å². The summed E-state index contributed by atoms with van der Waals surface area (Å²) in [6, 6.07) is 12.8. The summed E-state index contributed by atoms with van der Waals surface area (Å²) >= 11 is 0. The molecule has 0 aliphatic rings. The molecule has 2 heterocycles. The molecular weight excluding hydrogens is 252 g/mol. The van der Waals surface area contributed by atoms with Gasteiger partial charge in [-0.15, -0.1) is 0 Å². The molecule has 3 rings (SSSR count). The van der Waals surface area contributed by atoms with Crippen LogP contribution in [-0.4, -0.2) is 19.9 Å². The number of anilines is 1. The molecule has 20 heavy (non-hydrogen) atoms. The normalized spacial score (nSPS) is 10.7. The quantitative estimate of drug-likeness (QED) is 0.699. The van der Waals surface area contributed by atoms with Gasteiger partial charge >= 0.3 is 0 Å². The Morgan fingerprint density at radius 3 is 2.50 bits per heavy atom. The van der Waals surface area contributed by atoms with E-state index in [1.807, 2.05) is 31.2 Å². The number of aromatic hydroxyl groups is 1. The Labute approximate surface area is 116 Å². The van der Waals surface area contributed by atoms with Crippen molar-refractivity contribution >= 4 is 5.69 Å². The van der Waals surface area contributed by atoms with E-state index in [-0.39, 0.29) is 5.88 Å². The number of aromatic nitrogens is 3. The average Bonchev–Trinajstić information content (AvgIpc) is 2.76. The number of hydrogen-bond acceptors (Lipinski definition) is 4. The Morgan fingerprint density at radius 1 is 1.10 bits per heavy atom. The standard InChI is InChI=1S/C15H14N4O/c1-10-14(11-5-7-12(16)8-6-11)15(20)19(18-10)13-4-2-3-9-17-13/h2-9,20H,16H2,1H3. The minimum absolute atomic E-state index is 0.0750. The molecule has 0 spiro atoms. The van der Waals surface area contributed by atoms with E-state index in [1.54, 1.807) is 24.4 Å². The van der Waals surface area contributed by atoms with Crippen LogP contribution in [0.4, 0.5) is 5.69 Å². The third-order valence-electron chi connectivity index (χ3n) is 3.10. The first-order valence-electron chi connectivity index (χ1n) is 6.22. The summed E-state index contributed by atoms with van der Waals surface area (Å²) in [5, 5.41) is 14.8. The van der Waals surface area contributed by atoms with Gasteiger partial charge in [0, 0.05) is 11.9 Å². The Bertz CT molecular complexity index is 733. The molecule has 5 heteroatoms. The second-order valence-electron chi connectivity index (χ2n) is 4.51. The Kier molecular flexibility index (Phi) is 2.87. The summed E-state index contributed by atoms with van der Waals surface area (Å²) in [5.74, 6) is 0.653. The monoisotopic (exact) mass is 266 g/mol. The van der Waals surface area contributed by atoms with Gasteiger partial charge in [0.1, 0.15) is 0 Å². The van der Waals surface area contributed by atoms with E-state index < -0.39 is 0 Å². The molecule has 0 atom stereocenters. The lowest BCUT2D eigenvalue weighted by atomic mass is 10.1. The van der Waals surface area contributed by atoms with Crippen LogP contribution in [0.15, 0.2) is 48.7 Å². The first-order chi connectivity index (χ1) is 9.66. The molecule has 0 aliphatic carbocycles. The SMILES string of the molecule is Cc1nn(-c2ccccn2)c(O)c1-c1ccc(N)cc1. The molecular formula is C15H14N4O. The van der Waals surface area contributed by atoms with Crippen LogP contribution in [0.1, 0.15) is 5.69 Å². The summed E-state index contributed by atoms with van der Waals surface area (Å²) in [4.78, 5) is 4.19. The molecule has 0 amide bonds. The second-order valence-corrected chi connectivity index (χ2v) is 4.51. The predicted molar refractivity (Wildman–Crippen MR) is 77.6 cm³/mol.